The quantitative estimate of drug-likeness (QED) is 0.796. The summed E-state index contributed by atoms with van der Waals surface area (Å²) in [7, 11) is 0. The maximum atomic E-state index is 13.1. The number of aliphatic carboxylic acids is 1. The average Bonchev–Trinajstić information content (AvgIpc) is 2.34. The molecule has 0 aliphatic rings. The van der Waals surface area contributed by atoms with Crippen LogP contribution in [0.25, 0.3) is 0 Å². The number of benzene rings is 1. The van der Waals surface area contributed by atoms with Crippen LogP contribution in [0.2, 0.25) is 0 Å². The van der Waals surface area contributed by atoms with Crippen molar-refractivity contribution in [2.75, 3.05) is 13.2 Å². The van der Waals surface area contributed by atoms with Gasteiger partial charge in [-0.05, 0) is 12.1 Å². The van der Waals surface area contributed by atoms with E-state index < -0.39 is 23.6 Å². The summed E-state index contributed by atoms with van der Waals surface area (Å²) in [4.78, 5) is 21.8. The van der Waals surface area contributed by atoms with Crippen molar-refractivity contribution >= 4 is 11.9 Å². The Morgan fingerprint density at radius 1 is 1.44 bits per heavy atom. The number of rotatable bonds is 6. The molecule has 5 nitrogen and oxygen atoms in total. The van der Waals surface area contributed by atoms with Crippen molar-refractivity contribution in [1.82, 2.24) is 5.32 Å². The molecule has 1 atom stereocenters. The van der Waals surface area contributed by atoms with Gasteiger partial charge in [-0.1, -0.05) is 19.1 Å². The summed E-state index contributed by atoms with van der Waals surface area (Å²) < 4.78 is 18.1. The van der Waals surface area contributed by atoms with Gasteiger partial charge in [-0.15, -0.1) is 0 Å². The zero-order valence-electron chi connectivity index (χ0n) is 9.85. The zero-order valence-corrected chi connectivity index (χ0v) is 9.85. The number of nitrogens with one attached hydrogen (secondary N) is 1. The van der Waals surface area contributed by atoms with E-state index in [9.17, 15) is 14.0 Å². The van der Waals surface area contributed by atoms with Crippen LogP contribution in [0.5, 0.6) is 5.75 Å². The van der Waals surface area contributed by atoms with Crippen molar-refractivity contribution in [3.8, 4) is 5.75 Å². The molecule has 0 aliphatic carbocycles. The number of carbonyl (C=O) groups excluding carboxylic acids is 1. The van der Waals surface area contributed by atoms with Crippen LogP contribution in [0, 0.1) is 11.7 Å². The first kappa shape index (κ1) is 14.0. The van der Waals surface area contributed by atoms with E-state index in [2.05, 4.69) is 5.32 Å². The molecule has 0 saturated carbocycles. The number of halogens is 1. The van der Waals surface area contributed by atoms with Gasteiger partial charge >= 0.3 is 5.97 Å². The molecule has 0 heterocycles. The minimum absolute atomic E-state index is 0.00873. The Morgan fingerprint density at radius 3 is 2.72 bits per heavy atom. The molecule has 1 amide bonds. The molecule has 0 spiro atoms. The number of amides is 1. The summed E-state index contributed by atoms with van der Waals surface area (Å²) in [5.41, 5.74) is 0. The van der Waals surface area contributed by atoms with E-state index in [4.69, 9.17) is 9.84 Å². The number of hydrogen-bond donors (Lipinski definition) is 2. The Kier molecular flexibility index (Phi) is 5.10. The summed E-state index contributed by atoms with van der Waals surface area (Å²) in [5, 5.41) is 11.0. The lowest BCUT2D eigenvalue weighted by Gasteiger charge is -2.09. The van der Waals surface area contributed by atoms with Gasteiger partial charge in [-0.3, -0.25) is 9.59 Å². The topological polar surface area (TPSA) is 75.6 Å². The van der Waals surface area contributed by atoms with Crippen molar-refractivity contribution in [2.45, 2.75) is 6.92 Å². The van der Waals surface area contributed by atoms with Gasteiger partial charge in [0.1, 0.15) is 0 Å². The summed E-state index contributed by atoms with van der Waals surface area (Å²) in [6, 6.07) is 5.72. The fraction of sp³-hybridized carbons (Fsp3) is 0.333. The molecule has 0 aromatic heterocycles. The number of carbonyl (C=O) groups is 2. The molecule has 6 heteroatoms. The van der Waals surface area contributed by atoms with Crippen LogP contribution in [0.1, 0.15) is 6.92 Å². The van der Waals surface area contributed by atoms with Crippen LogP contribution in [0.3, 0.4) is 0 Å². The standard InChI is InChI=1S/C12H14FNO4/c1-8(12(16)17)6-14-11(15)7-18-10-5-3-2-4-9(10)13/h2-5,8H,6-7H2,1H3,(H,14,15)(H,16,17). The highest BCUT2D eigenvalue weighted by molar-refractivity contribution is 5.78. The van der Waals surface area contributed by atoms with Crippen LogP contribution < -0.4 is 10.1 Å². The van der Waals surface area contributed by atoms with Crippen LogP contribution in [-0.4, -0.2) is 30.1 Å². The molecular formula is C12H14FNO4. The largest absolute Gasteiger partial charge is 0.481 e. The molecule has 1 aromatic carbocycles. The van der Waals surface area contributed by atoms with Gasteiger partial charge in [0.25, 0.3) is 5.91 Å². The first-order valence-electron chi connectivity index (χ1n) is 5.37. The second-order valence-electron chi connectivity index (χ2n) is 3.76. The summed E-state index contributed by atoms with van der Waals surface area (Å²) in [6.45, 7) is 1.13. The highest BCUT2D eigenvalue weighted by atomic mass is 19.1. The van der Waals surface area contributed by atoms with Crippen LogP contribution in [0.15, 0.2) is 24.3 Å². The third-order valence-electron chi connectivity index (χ3n) is 2.22. The molecule has 1 unspecified atom stereocenters. The zero-order chi connectivity index (χ0) is 13.5. The van der Waals surface area contributed by atoms with Crippen molar-refractivity contribution in [2.24, 2.45) is 5.92 Å². The van der Waals surface area contributed by atoms with E-state index in [1.807, 2.05) is 0 Å². The lowest BCUT2D eigenvalue weighted by molar-refractivity contribution is -0.141. The van der Waals surface area contributed by atoms with Crippen LogP contribution in [-0.2, 0) is 9.59 Å². The van der Waals surface area contributed by atoms with Crippen molar-refractivity contribution in [1.29, 1.82) is 0 Å². The number of hydrogen-bond acceptors (Lipinski definition) is 3. The molecule has 0 aliphatic heterocycles. The summed E-state index contributed by atoms with van der Waals surface area (Å²) in [6.07, 6.45) is 0. The van der Waals surface area contributed by atoms with Crippen molar-refractivity contribution < 1.29 is 23.8 Å². The van der Waals surface area contributed by atoms with Gasteiger partial charge in [0, 0.05) is 6.54 Å². The van der Waals surface area contributed by atoms with Crippen molar-refractivity contribution in [3.63, 3.8) is 0 Å². The third-order valence-corrected chi connectivity index (χ3v) is 2.22. The summed E-state index contributed by atoms with van der Waals surface area (Å²) >= 11 is 0. The molecule has 1 rings (SSSR count). The molecule has 2 N–H and O–H groups in total. The van der Waals surface area contributed by atoms with E-state index in [1.54, 1.807) is 6.07 Å². The van der Waals surface area contributed by atoms with Gasteiger partial charge in [0.15, 0.2) is 18.2 Å². The van der Waals surface area contributed by atoms with Gasteiger partial charge < -0.3 is 15.2 Å². The minimum atomic E-state index is -0.995. The second kappa shape index (κ2) is 6.58. The molecule has 0 saturated heterocycles. The number of carboxylic acids is 1. The smallest absolute Gasteiger partial charge is 0.308 e. The fourth-order valence-electron chi connectivity index (χ4n) is 1.11. The monoisotopic (exact) mass is 255 g/mol. The Morgan fingerprint density at radius 2 is 2.11 bits per heavy atom. The number of para-hydroxylation sites is 1. The summed E-state index contributed by atoms with van der Waals surface area (Å²) in [5.74, 6) is -2.73. The predicted octanol–water partition coefficient (Wildman–Crippen LogP) is 1.04. The molecule has 18 heavy (non-hydrogen) atoms. The van der Waals surface area contributed by atoms with E-state index in [0.717, 1.165) is 0 Å². The normalized spacial score (nSPS) is 11.7. The van der Waals surface area contributed by atoms with Crippen molar-refractivity contribution in [3.05, 3.63) is 30.1 Å². The highest BCUT2D eigenvalue weighted by Crippen LogP contribution is 2.14. The second-order valence-corrected chi connectivity index (χ2v) is 3.76. The SMILES string of the molecule is CC(CNC(=O)COc1ccccc1F)C(=O)O. The molecule has 98 valence electrons. The molecule has 0 bridgehead atoms. The maximum Gasteiger partial charge on any atom is 0.308 e. The lowest BCUT2D eigenvalue weighted by atomic mass is 10.2. The predicted molar refractivity (Wildman–Crippen MR) is 61.7 cm³/mol. The van der Waals surface area contributed by atoms with Gasteiger partial charge in [0.05, 0.1) is 5.92 Å². The van der Waals surface area contributed by atoms with E-state index in [0.29, 0.717) is 0 Å². The Balaban J connectivity index is 2.34. The van der Waals surface area contributed by atoms with E-state index in [1.165, 1.54) is 25.1 Å². The van der Waals surface area contributed by atoms with Crippen LogP contribution in [0.4, 0.5) is 4.39 Å². The molecule has 1 aromatic rings. The van der Waals surface area contributed by atoms with E-state index >= 15 is 0 Å². The van der Waals surface area contributed by atoms with Crippen LogP contribution >= 0.6 is 0 Å². The molecule has 0 radical (unpaired) electrons. The lowest BCUT2D eigenvalue weighted by Crippen LogP contribution is -2.34. The highest BCUT2D eigenvalue weighted by Gasteiger charge is 2.12. The first-order valence-corrected chi connectivity index (χ1v) is 5.37. The Bertz CT molecular complexity index is 436. The Hall–Kier alpha value is -2.11. The van der Waals surface area contributed by atoms with Gasteiger partial charge in [-0.2, -0.15) is 0 Å². The average molecular weight is 255 g/mol. The molecular weight excluding hydrogens is 241 g/mol. The number of carboxylic acid groups (broad SMARTS) is 1. The minimum Gasteiger partial charge on any atom is -0.481 e. The fourth-order valence-corrected chi connectivity index (χ4v) is 1.11. The maximum absolute atomic E-state index is 13.1. The molecule has 0 fully saturated rings. The number of ether oxygens (including phenoxy) is 1. The Labute approximate surface area is 104 Å². The van der Waals surface area contributed by atoms with E-state index in [-0.39, 0.29) is 18.9 Å². The third kappa shape index (κ3) is 4.40. The van der Waals surface area contributed by atoms with Gasteiger partial charge in [0.2, 0.25) is 0 Å². The first-order chi connectivity index (χ1) is 8.50. The van der Waals surface area contributed by atoms with Gasteiger partial charge in [-0.25, -0.2) is 4.39 Å².